The van der Waals surface area contributed by atoms with Crippen molar-refractivity contribution in [3.05, 3.63) is 135 Å². The molecule has 15 heterocycles. The number of hydrogen-bond acceptors (Lipinski definition) is 30. The molecule has 5 unspecified atom stereocenters. The zero-order valence-electron chi connectivity index (χ0n) is 76.8. The van der Waals surface area contributed by atoms with Gasteiger partial charge in [-0.15, -0.1) is 41.9 Å². The maximum atomic E-state index is 12.2. The van der Waals surface area contributed by atoms with Crippen molar-refractivity contribution in [2.45, 2.75) is 228 Å². The number of nitrogens with one attached hydrogen (secondary N) is 1. The predicted octanol–water partition coefficient (Wildman–Crippen LogP) is 10.4. The maximum Gasteiger partial charge on any atom is 1.00 e. The average Bonchev–Trinajstić information content (AvgIpc) is 1.64. The molecule has 10 aromatic heterocycles. The fourth-order valence-electron chi connectivity index (χ4n) is 13.8. The standard InChI is InChI=1S/C20H27N7O2.C19H26N8O2.C15H16N4O2.C11H17NO2.C9H8BrN3O2.C6H9N.C5H11N3.C2HF3O.ClH.Na.H2O/c1-4-29-20(28)15-12-21-27-11-8-18(22-19(15)27)26-9-5-6-17(26)16-13-25(24-23-16)10-7-14(2)3;1-3-29-19(28)14-11-21-27-10-7-17(22-18(14)27)26-8-4-5-16(26)15-12-25(24-23-15)9-6-13(2)20;1-3-11-6-5-8-18(11)13-7-9-19-14(17-13)12(10-16-19)15(20)21-4-2;1-5-9-7-6-8-12(9)10(13)14-11(2,3)4;1-2-15-9(14)6-5-11-13-4-3-7(10)12-8(6)13;1-2-6-4-3-5-7-6;1-5(2)3-4-7-8-6;3-2(4,5)1-6;;;/h8,11-14,17H,4-7,9-10H2,1-3H3;7,10-13,16H,3-6,8-9,20H2,1-2H3;1,7,9-11H,4-6,8H2,2H3;1,9H,6-8H2,2-4H3;3-5H,2H2,1H3;1,6-7H,3-5H2;5H,3-4H2,1-2H3;1H;1H;;1H2/q;;;;;;;;;+1;/p-1/t;13-,16?;;;;;;;;;/m.1........./s1. The molecule has 5 fully saturated rings. The van der Waals surface area contributed by atoms with Gasteiger partial charge >= 0.3 is 65.7 Å². The van der Waals surface area contributed by atoms with E-state index >= 15 is 0 Å². The third-order valence-electron chi connectivity index (χ3n) is 20.1. The van der Waals surface area contributed by atoms with Crippen molar-refractivity contribution >= 4 is 105 Å². The van der Waals surface area contributed by atoms with E-state index in [0.717, 1.165) is 145 Å². The average molecular weight is 1930 g/mol. The smallest absolute Gasteiger partial charge is 0.870 e. The van der Waals surface area contributed by atoms with Gasteiger partial charge in [0.05, 0.1) is 93.8 Å². The van der Waals surface area contributed by atoms with Gasteiger partial charge in [0.1, 0.15) is 61.3 Å². The number of terminal acetylenes is 3. The van der Waals surface area contributed by atoms with E-state index in [1.54, 1.807) is 64.6 Å². The van der Waals surface area contributed by atoms with E-state index in [9.17, 15) is 37.1 Å². The SMILES string of the molecule is C#CC1CCCN1.C#CC1CCCN1C(=O)OC(C)(C)C.C#CC1CCCN1c1ccn2ncc(C(=O)OCC)c2n1.CC(C)CCN=[N+]=[N-].CCOC(=O)c1cnn2ccc(Br)nc12.CCOC(=O)c1cnn2ccc(N3CCCC3c3cn(CCC(C)C)nn3)nc12.CCOC(=O)c1cnn2ccc(N3CCCC3c3cn(CC[C@@H](C)N)nn3)nc12.Cl.O=CC(F)(F)F.[Na+].[OH-]. The third kappa shape index (κ3) is 33.0. The Kier molecular flexibility index (Phi) is 46.3. The van der Waals surface area contributed by atoms with Gasteiger partial charge in [0, 0.05) is 81.6 Å². The van der Waals surface area contributed by atoms with Crippen LogP contribution in [0.5, 0.6) is 0 Å². The number of hydrogen-bond donors (Lipinski definition) is 2. The zero-order valence-corrected chi connectivity index (χ0v) is 81.2. The Hall–Kier alpha value is -11.6. The van der Waals surface area contributed by atoms with Crippen molar-refractivity contribution in [2.24, 2.45) is 22.7 Å². The number of ether oxygens (including phenoxy) is 5. The molecule has 5 aliphatic heterocycles. The van der Waals surface area contributed by atoms with Crippen LogP contribution < -0.4 is 55.3 Å². The molecule has 1 amide bonds. The Balaban J connectivity index is 0.000000280. The minimum absolute atomic E-state index is 0. The molecular weight excluding hydrogens is 1810 g/mol. The van der Waals surface area contributed by atoms with Crippen LogP contribution in [0, 0.1) is 48.9 Å². The maximum absolute atomic E-state index is 12.2. The minimum Gasteiger partial charge on any atom is -0.870 e. The molecule has 39 nitrogen and oxygen atoms in total. The molecule has 10 aromatic rings. The first-order valence-electron chi connectivity index (χ1n) is 43.0. The van der Waals surface area contributed by atoms with Crippen LogP contribution in [0.15, 0.2) is 96.0 Å². The van der Waals surface area contributed by atoms with Gasteiger partial charge in [-0.25, -0.2) is 62.0 Å². The Morgan fingerprint density at radius 1 is 0.583 bits per heavy atom. The first-order valence-corrected chi connectivity index (χ1v) is 43.8. The summed E-state index contributed by atoms with van der Waals surface area (Å²) in [5.74, 6) is 10.0. The Morgan fingerprint density at radius 2 is 0.970 bits per heavy atom. The molecule has 0 spiro atoms. The normalized spacial score (nSPS) is 16.6. The molecule has 0 bridgehead atoms. The number of aldehydes is 1. The Morgan fingerprint density at radius 3 is 1.33 bits per heavy atom. The fourth-order valence-corrected chi connectivity index (χ4v) is 14.1. The first kappa shape index (κ1) is 111. The van der Waals surface area contributed by atoms with E-state index in [4.69, 9.17) is 69.0 Å². The number of fused-ring (bicyclic) bond motifs is 4. The van der Waals surface area contributed by atoms with Crippen LogP contribution in [0.25, 0.3) is 33.0 Å². The van der Waals surface area contributed by atoms with E-state index in [2.05, 4.69) is 142 Å². The van der Waals surface area contributed by atoms with Crippen molar-refractivity contribution in [3.63, 3.8) is 0 Å². The molecular formula is C87H117BrClF3N27NaO12. The number of carbonyl (C=O) groups is 6. The number of carbonyl (C=O) groups excluding carboxylic acids is 6. The Bertz CT molecular complexity index is 5350. The molecule has 45 heteroatoms. The molecule has 15 rings (SSSR count). The molecule has 132 heavy (non-hydrogen) atoms. The van der Waals surface area contributed by atoms with Gasteiger partial charge in [-0.3, -0.25) is 19.1 Å². The van der Waals surface area contributed by atoms with Gasteiger partial charge in [-0.05, 0) is 203 Å². The van der Waals surface area contributed by atoms with Crippen molar-refractivity contribution < 1.29 is 101 Å². The van der Waals surface area contributed by atoms with Crippen LogP contribution in [0.1, 0.15) is 231 Å². The van der Waals surface area contributed by atoms with Gasteiger partial charge in [-0.2, -0.15) is 33.6 Å². The number of anilines is 3. The van der Waals surface area contributed by atoms with Gasteiger partial charge in [0.2, 0.25) is 6.29 Å². The number of nitrogens with zero attached hydrogens (tertiary/aromatic N) is 25. The summed E-state index contributed by atoms with van der Waals surface area (Å²) in [4.78, 5) is 97.1. The first-order chi connectivity index (χ1) is 61.8. The van der Waals surface area contributed by atoms with Crippen molar-refractivity contribution in [1.29, 1.82) is 0 Å². The molecule has 5 aliphatic rings. The molecule has 0 aliphatic carbocycles. The second-order valence-corrected chi connectivity index (χ2v) is 32.7. The number of halogens is 5. The molecule has 708 valence electrons. The van der Waals surface area contributed by atoms with Gasteiger partial charge in [0.25, 0.3) is 0 Å². The summed E-state index contributed by atoms with van der Waals surface area (Å²) in [7, 11) is 0. The van der Waals surface area contributed by atoms with Crippen molar-refractivity contribution in [2.75, 3.05) is 80.4 Å². The zero-order chi connectivity index (χ0) is 93.9. The second-order valence-electron chi connectivity index (χ2n) is 31.9. The number of azide groups is 1. The summed E-state index contributed by atoms with van der Waals surface area (Å²) in [6.45, 7) is 31.2. The van der Waals surface area contributed by atoms with E-state index in [0.29, 0.717) is 107 Å². The van der Waals surface area contributed by atoms with Crippen LogP contribution in [-0.4, -0.2) is 237 Å². The fraction of sp³-hybridized carbons (Fsp3) is 0.540. The minimum atomic E-state index is -4.64. The van der Waals surface area contributed by atoms with E-state index in [1.165, 1.54) is 35.7 Å². The number of rotatable bonds is 22. The third-order valence-corrected chi connectivity index (χ3v) is 20.5. The number of esters is 4. The quantitative estimate of drug-likeness (QED) is 0.00732. The van der Waals surface area contributed by atoms with Crippen LogP contribution in [0.3, 0.4) is 0 Å². The number of aryl methyl sites for hydroxylation is 2. The van der Waals surface area contributed by atoms with Crippen molar-refractivity contribution in [3.8, 4) is 37.0 Å². The monoisotopic (exact) mass is 1930 g/mol. The summed E-state index contributed by atoms with van der Waals surface area (Å²) >= 11 is 3.24. The summed E-state index contributed by atoms with van der Waals surface area (Å²) in [6, 6.07) is 8.17. The van der Waals surface area contributed by atoms with Crippen LogP contribution >= 0.6 is 28.3 Å². The van der Waals surface area contributed by atoms with Crippen LogP contribution in [0.4, 0.5) is 35.4 Å². The van der Waals surface area contributed by atoms with Crippen molar-refractivity contribution in [1.82, 2.24) is 98.6 Å². The van der Waals surface area contributed by atoms with Gasteiger partial charge in [0.15, 0.2) is 22.6 Å². The summed E-state index contributed by atoms with van der Waals surface area (Å²) < 4.78 is 67.4. The molecule has 0 radical (unpaired) electrons. The summed E-state index contributed by atoms with van der Waals surface area (Å²) in [5, 5.41) is 40.5. The van der Waals surface area contributed by atoms with Gasteiger partial charge < -0.3 is 54.9 Å². The summed E-state index contributed by atoms with van der Waals surface area (Å²) in [5.41, 5.74) is 18.6. The van der Waals surface area contributed by atoms with E-state index < -0.39 is 41.9 Å². The molecule has 0 saturated carbocycles. The van der Waals surface area contributed by atoms with E-state index in [-0.39, 0.29) is 83.7 Å². The van der Waals surface area contributed by atoms with Crippen LogP contribution in [-0.2, 0) is 41.6 Å². The van der Waals surface area contributed by atoms with E-state index in [1.807, 2.05) is 80.0 Å². The topological polar surface area (TPSA) is 461 Å². The second kappa shape index (κ2) is 55.0. The number of amides is 1. The Labute approximate surface area is 801 Å². The molecule has 5 saturated heterocycles. The molecule has 0 aromatic carbocycles. The molecule has 6 atom stereocenters. The number of nitrogens with two attached hydrogens (primary N) is 1. The number of aromatic nitrogens is 18. The number of alkyl halides is 3. The molecule has 4 N–H and O–H groups in total. The van der Waals surface area contributed by atoms with Crippen LogP contribution in [0.2, 0.25) is 0 Å². The van der Waals surface area contributed by atoms with Gasteiger partial charge in [-0.1, -0.05) is 61.0 Å². The summed E-state index contributed by atoms with van der Waals surface area (Å²) in [6.07, 6.45) is 40.4. The number of likely N-dealkylation sites (tertiary alicyclic amines) is 1. The predicted molar refractivity (Wildman–Crippen MR) is 489 cm³/mol. The largest absolute Gasteiger partial charge is 1.00 e.